The summed E-state index contributed by atoms with van der Waals surface area (Å²) >= 11 is 0. The molecular weight excluding hydrogens is 312 g/mol. The van der Waals surface area contributed by atoms with E-state index >= 15 is 0 Å². The van der Waals surface area contributed by atoms with E-state index in [0.29, 0.717) is 10.8 Å². The predicted octanol–water partition coefficient (Wildman–Crippen LogP) is 8.89. The van der Waals surface area contributed by atoms with Gasteiger partial charge in [0.1, 0.15) is 0 Å². The number of fused-ring (bicyclic) bond motifs is 1. The lowest BCUT2D eigenvalue weighted by Gasteiger charge is -2.54. The summed E-state index contributed by atoms with van der Waals surface area (Å²) in [5.74, 6) is 5.03. The van der Waals surface area contributed by atoms with Gasteiger partial charge in [-0.25, -0.2) is 0 Å². The molecule has 5 unspecified atom stereocenters. The van der Waals surface area contributed by atoms with Crippen LogP contribution in [0.3, 0.4) is 0 Å². The van der Waals surface area contributed by atoms with Gasteiger partial charge in [0, 0.05) is 0 Å². The standard InChI is InChI=1S/C24H44.C2H6/c1-6-7-8-9-20-10-11-22-19(3)21(14-17-24(20,22)5)23(4)15-12-18(2)13-16-23;1-2/h18-22H,6-17H2,1-5H3;1-2H3. The fourth-order valence-electron chi connectivity index (χ4n) is 7.50. The maximum Gasteiger partial charge on any atom is -0.0266 e. The number of hydrogen-bond acceptors (Lipinski definition) is 0. The van der Waals surface area contributed by atoms with E-state index in [0.717, 1.165) is 29.6 Å². The molecule has 0 heteroatoms. The Labute approximate surface area is 166 Å². The van der Waals surface area contributed by atoms with Crippen LogP contribution in [-0.2, 0) is 0 Å². The van der Waals surface area contributed by atoms with Crippen molar-refractivity contribution in [3.63, 3.8) is 0 Å². The highest BCUT2D eigenvalue weighted by molar-refractivity contribution is 5.04. The first kappa shape index (κ1) is 22.3. The summed E-state index contributed by atoms with van der Waals surface area (Å²) in [4.78, 5) is 0. The van der Waals surface area contributed by atoms with Crippen LogP contribution in [0.1, 0.15) is 126 Å². The molecule has 3 aliphatic rings. The largest absolute Gasteiger partial charge is 0.0683 e. The van der Waals surface area contributed by atoms with Crippen LogP contribution in [0.5, 0.6) is 0 Å². The molecule has 0 aliphatic heterocycles. The van der Waals surface area contributed by atoms with Crippen LogP contribution in [0, 0.1) is 40.4 Å². The van der Waals surface area contributed by atoms with E-state index in [9.17, 15) is 0 Å². The molecule has 0 N–H and O–H groups in total. The van der Waals surface area contributed by atoms with Gasteiger partial charge in [-0.1, -0.05) is 80.6 Å². The summed E-state index contributed by atoms with van der Waals surface area (Å²) in [6.45, 7) is 16.8. The molecule has 3 rings (SSSR count). The monoisotopic (exact) mass is 362 g/mol. The first-order valence-corrected chi connectivity index (χ1v) is 12.4. The van der Waals surface area contributed by atoms with Crippen molar-refractivity contribution in [1.29, 1.82) is 0 Å². The lowest BCUT2D eigenvalue weighted by atomic mass is 9.51. The normalized spacial score (nSPS) is 45.6. The van der Waals surface area contributed by atoms with Crippen LogP contribution in [0.15, 0.2) is 0 Å². The molecule has 0 heterocycles. The fraction of sp³-hybridized carbons (Fsp3) is 1.00. The molecule has 0 nitrogen and oxygen atoms in total. The topological polar surface area (TPSA) is 0 Å². The summed E-state index contributed by atoms with van der Waals surface area (Å²) < 4.78 is 0. The highest BCUT2D eigenvalue weighted by Crippen LogP contribution is 2.63. The first-order chi connectivity index (χ1) is 12.4. The third-order valence-corrected chi connectivity index (χ3v) is 9.34. The van der Waals surface area contributed by atoms with Crippen molar-refractivity contribution in [2.75, 3.05) is 0 Å². The van der Waals surface area contributed by atoms with Crippen LogP contribution in [0.2, 0.25) is 0 Å². The molecule has 0 amide bonds. The Morgan fingerprint density at radius 3 is 2.04 bits per heavy atom. The number of rotatable bonds is 5. The van der Waals surface area contributed by atoms with Crippen LogP contribution < -0.4 is 0 Å². The molecule has 0 bridgehead atoms. The molecule has 0 aromatic rings. The summed E-state index contributed by atoms with van der Waals surface area (Å²) in [6.07, 6.45) is 18.0. The van der Waals surface area contributed by atoms with Gasteiger partial charge >= 0.3 is 0 Å². The van der Waals surface area contributed by atoms with Crippen molar-refractivity contribution >= 4 is 0 Å². The van der Waals surface area contributed by atoms with Crippen molar-refractivity contribution < 1.29 is 0 Å². The highest BCUT2D eigenvalue weighted by atomic mass is 14.6. The van der Waals surface area contributed by atoms with Crippen molar-refractivity contribution in [2.45, 2.75) is 126 Å². The average Bonchev–Trinajstić information content (AvgIpc) is 2.97. The number of unbranched alkanes of at least 4 members (excludes halogenated alkanes) is 2. The molecule has 154 valence electrons. The SMILES string of the molecule is CC.CCCCCC1CCC2C(C)C(C3(C)CCC(C)CC3)CCC12C. The zero-order valence-electron chi connectivity index (χ0n) is 19.4. The van der Waals surface area contributed by atoms with E-state index in [2.05, 4.69) is 34.6 Å². The van der Waals surface area contributed by atoms with Gasteiger partial charge in [0.2, 0.25) is 0 Å². The molecule has 26 heavy (non-hydrogen) atoms. The van der Waals surface area contributed by atoms with E-state index in [4.69, 9.17) is 0 Å². The lowest BCUT2D eigenvalue weighted by Crippen LogP contribution is -2.46. The van der Waals surface area contributed by atoms with E-state index in [-0.39, 0.29) is 0 Å². The fourth-order valence-corrected chi connectivity index (χ4v) is 7.50. The molecule has 0 saturated heterocycles. The zero-order chi connectivity index (χ0) is 19.4. The molecule has 3 saturated carbocycles. The second-order valence-corrected chi connectivity index (χ2v) is 10.7. The smallest absolute Gasteiger partial charge is 0.0266 e. The second kappa shape index (κ2) is 9.47. The molecule has 3 fully saturated rings. The van der Waals surface area contributed by atoms with Crippen molar-refractivity contribution in [3.8, 4) is 0 Å². The molecule has 0 spiro atoms. The predicted molar refractivity (Wildman–Crippen MR) is 117 cm³/mol. The molecule has 0 aromatic heterocycles. The van der Waals surface area contributed by atoms with Gasteiger partial charge < -0.3 is 0 Å². The first-order valence-electron chi connectivity index (χ1n) is 12.4. The molecule has 0 aromatic carbocycles. The van der Waals surface area contributed by atoms with Gasteiger partial charge in [-0.3, -0.25) is 0 Å². The van der Waals surface area contributed by atoms with Crippen LogP contribution in [0.4, 0.5) is 0 Å². The molecule has 0 radical (unpaired) electrons. The summed E-state index contributed by atoms with van der Waals surface area (Å²) in [5.41, 5.74) is 1.34. The van der Waals surface area contributed by atoms with Crippen LogP contribution in [-0.4, -0.2) is 0 Å². The molecular formula is C26H50. The maximum atomic E-state index is 2.69. The van der Waals surface area contributed by atoms with Gasteiger partial charge in [0.05, 0.1) is 0 Å². The maximum absolute atomic E-state index is 2.69. The Morgan fingerprint density at radius 2 is 1.42 bits per heavy atom. The van der Waals surface area contributed by atoms with Gasteiger partial charge in [-0.05, 0) is 85.4 Å². The van der Waals surface area contributed by atoms with Gasteiger partial charge in [-0.15, -0.1) is 0 Å². The summed E-state index contributed by atoms with van der Waals surface area (Å²) in [6, 6.07) is 0. The van der Waals surface area contributed by atoms with Gasteiger partial charge in [0.15, 0.2) is 0 Å². The third-order valence-electron chi connectivity index (χ3n) is 9.34. The van der Waals surface area contributed by atoms with E-state index in [1.54, 1.807) is 0 Å². The summed E-state index contributed by atoms with van der Waals surface area (Å²) in [5, 5.41) is 0. The molecule has 3 aliphatic carbocycles. The molecule has 5 atom stereocenters. The Hall–Kier alpha value is 0. The van der Waals surface area contributed by atoms with Crippen molar-refractivity contribution in [3.05, 3.63) is 0 Å². The Balaban J connectivity index is 0.00000117. The Kier molecular flexibility index (Phi) is 8.12. The van der Waals surface area contributed by atoms with Crippen molar-refractivity contribution in [1.82, 2.24) is 0 Å². The van der Waals surface area contributed by atoms with E-state index in [1.807, 2.05) is 13.8 Å². The minimum Gasteiger partial charge on any atom is -0.0683 e. The van der Waals surface area contributed by atoms with Gasteiger partial charge in [0.25, 0.3) is 0 Å². The van der Waals surface area contributed by atoms with Crippen LogP contribution >= 0.6 is 0 Å². The van der Waals surface area contributed by atoms with Gasteiger partial charge in [-0.2, -0.15) is 0 Å². The second-order valence-electron chi connectivity index (χ2n) is 10.7. The third kappa shape index (κ3) is 4.35. The quantitative estimate of drug-likeness (QED) is 0.428. The average molecular weight is 363 g/mol. The lowest BCUT2D eigenvalue weighted by molar-refractivity contribution is -0.0497. The van der Waals surface area contributed by atoms with E-state index in [1.165, 1.54) is 77.0 Å². The van der Waals surface area contributed by atoms with E-state index < -0.39 is 0 Å². The number of hydrogen-bond donors (Lipinski definition) is 0. The Morgan fingerprint density at radius 1 is 0.769 bits per heavy atom. The minimum absolute atomic E-state index is 0.660. The Bertz CT molecular complexity index is 402. The zero-order valence-corrected chi connectivity index (χ0v) is 19.4. The van der Waals surface area contributed by atoms with Crippen molar-refractivity contribution in [2.24, 2.45) is 40.4 Å². The van der Waals surface area contributed by atoms with Crippen LogP contribution in [0.25, 0.3) is 0 Å². The minimum atomic E-state index is 0.660. The summed E-state index contributed by atoms with van der Waals surface area (Å²) in [7, 11) is 0. The highest BCUT2D eigenvalue weighted by Gasteiger charge is 2.55.